The Morgan fingerprint density at radius 2 is 1.79 bits per heavy atom. The summed E-state index contributed by atoms with van der Waals surface area (Å²) in [7, 11) is -3.92. The van der Waals surface area contributed by atoms with Crippen molar-refractivity contribution in [1.29, 1.82) is 0 Å². The number of nitrogens with zero attached hydrogens (tertiary/aromatic N) is 2. The van der Waals surface area contributed by atoms with E-state index >= 15 is 0 Å². The molecule has 0 radical (unpaired) electrons. The summed E-state index contributed by atoms with van der Waals surface area (Å²) in [5.41, 5.74) is 3.34. The molecule has 170 valence electrons. The molecule has 0 aliphatic heterocycles. The van der Waals surface area contributed by atoms with E-state index in [1.165, 1.54) is 18.4 Å². The third-order valence-electron chi connectivity index (χ3n) is 4.97. The summed E-state index contributed by atoms with van der Waals surface area (Å²) in [6, 6.07) is 17.2. The lowest BCUT2D eigenvalue weighted by Crippen LogP contribution is -2.37. The number of rotatable bonds is 8. The van der Waals surface area contributed by atoms with E-state index in [2.05, 4.69) is 10.3 Å². The maximum absolute atomic E-state index is 13.3. The van der Waals surface area contributed by atoms with Crippen LogP contribution in [0.15, 0.2) is 81.6 Å². The summed E-state index contributed by atoms with van der Waals surface area (Å²) in [5.74, 6) is -0.00380. The van der Waals surface area contributed by atoms with E-state index in [0.29, 0.717) is 11.4 Å². The first-order valence-corrected chi connectivity index (χ1v) is 12.5. The highest BCUT2D eigenvalue weighted by Gasteiger charge is 2.27. The van der Waals surface area contributed by atoms with Crippen molar-refractivity contribution in [2.75, 3.05) is 11.9 Å². The van der Waals surface area contributed by atoms with Crippen molar-refractivity contribution in [3.05, 3.63) is 88.6 Å². The Labute approximate surface area is 196 Å². The zero-order chi connectivity index (χ0) is 23.4. The molecule has 1 N–H and O–H groups in total. The minimum absolute atomic E-state index is 0.0568. The normalized spacial score (nSPS) is 11.6. The van der Waals surface area contributed by atoms with Gasteiger partial charge in [-0.15, -0.1) is 11.3 Å². The second kappa shape index (κ2) is 9.70. The first-order chi connectivity index (χ1) is 15.8. The first-order valence-electron chi connectivity index (χ1n) is 10.2. The van der Waals surface area contributed by atoms with Crippen LogP contribution in [-0.2, 0) is 21.4 Å². The van der Waals surface area contributed by atoms with Gasteiger partial charge in [0.2, 0.25) is 15.9 Å². The molecule has 2 aromatic heterocycles. The van der Waals surface area contributed by atoms with E-state index in [4.69, 9.17) is 4.42 Å². The summed E-state index contributed by atoms with van der Waals surface area (Å²) in [4.78, 5) is 17.4. The summed E-state index contributed by atoms with van der Waals surface area (Å²) in [6.07, 6.45) is 1.47. The second-order valence-corrected chi connectivity index (χ2v) is 10.5. The van der Waals surface area contributed by atoms with Crippen LogP contribution in [0.5, 0.6) is 0 Å². The van der Waals surface area contributed by atoms with E-state index < -0.39 is 15.9 Å². The van der Waals surface area contributed by atoms with Crippen molar-refractivity contribution in [3.8, 4) is 11.3 Å². The molecule has 7 nitrogen and oxygen atoms in total. The standard InChI is InChI=1S/C24H23N3O4S2/c1-17-5-11-22(12-6-17)33(29,30)27(14-21-4-3-13-31-21)15-24(28)26-20-9-7-19(8-10-20)23-16-32-18(2)25-23/h3-13,16H,14-15H2,1-2H3,(H,26,28). The van der Waals surface area contributed by atoms with Crippen LogP contribution in [0.1, 0.15) is 16.3 Å². The highest BCUT2D eigenvalue weighted by atomic mass is 32.2. The lowest BCUT2D eigenvalue weighted by molar-refractivity contribution is -0.116. The Hall–Kier alpha value is -3.27. The molecular formula is C24H23N3O4S2. The zero-order valence-corrected chi connectivity index (χ0v) is 19.8. The first kappa shape index (κ1) is 22.9. The topological polar surface area (TPSA) is 92.5 Å². The molecule has 0 aliphatic rings. The third kappa shape index (κ3) is 5.57. The number of hydrogen-bond donors (Lipinski definition) is 1. The zero-order valence-electron chi connectivity index (χ0n) is 18.2. The number of amides is 1. The number of sulfonamides is 1. The molecule has 2 heterocycles. The van der Waals surface area contributed by atoms with Gasteiger partial charge >= 0.3 is 0 Å². The summed E-state index contributed by atoms with van der Waals surface area (Å²) < 4.78 is 33.0. The summed E-state index contributed by atoms with van der Waals surface area (Å²) >= 11 is 1.57. The summed E-state index contributed by atoms with van der Waals surface area (Å²) in [5, 5.41) is 5.73. The fourth-order valence-electron chi connectivity index (χ4n) is 3.24. The van der Waals surface area contributed by atoms with Gasteiger partial charge in [-0.3, -0.25) is 4.79 Å². The van der Waals surface area contributed by atoms with Crippen molar-refractivity contribution in [3.63, 3.8) is 0 Å². The molecule has 0 saturated carbocycles. The van der Waals surface area contributed by atoms with Gasteiger partial charge in [0.1, 0.15) is 5.76 Å². The van der Waals surface area contributed by atoms with Crippen LogP contribution in [0.4, 0.5) is 5.69 Å². The number of aryl methyl sites for hydroxylation is 2. The van der Waals surface area contributed by atoms with E-state index in [-0.39, 0.29) is 18.0 Å². The second-order valence-electron chi connectivity index (χ2n) is 7.54. The van der Waals surface area contributed by atoms with Gasteiger partial charge in [0.15, 0.2) is 0 Å². The number of carbonyl (C=O) groups is 1. The lowest BCUT2D eigenvalue weighted by atomic mass is 10.1. The maximum atomic E-state index is 13.3. The Morgan fingerprint density at radius 1 is 1.06 bits per heavy atom. The van der Waals surface area contributed by atoms with Crippen molar-refractivity contribution in [2.24, 2.45) is 0 Å². The van der Waals surface area contributed by atoms with Gasteiger partial charge in [-0.05, 0) is 50.2 Å². The monoisotopic (exact) mass is 481 g/mol. The number of thiazole rings is 1. The minimum Gasteiger partial charge on any atom is -0.468 e. The molecule has 33 heavy (non-hydrogen) atoms. The Morgan fingerprint density at radius 3 is 2.39 bits per heavy atom. The highest BCUT2D eigenvalue weighted by Crippen LogP contribution is 2.24. The van der Waals surface area contributed by atoms with Gasteiger partial charge in [-0.25, -0.2) is 13.4 Å². The number of anilines is 1. The highest BCUT2D eigenvalue weighted by molar-refractivity contribution is 7.89. The third-order valence-corrected chi connectivity index (χ3v) is 7.55. The van der Waals surface area contributed by atoms with E-state index in [1.54, 1.807) is 47.7 Å². The molecule has 0 aliphatic carbocycles. The summed E-state index contributed by atoms with van der Waals surface area (Å²) in [6.45, 7) is 3.41. The van der Waals surface area contributed by atoms with Crippen LogP contribution in [0.25, 0.3) is 11.3 Å². The van der Waals surface area contributed by atoms with Gasteiger partial charge in [0.05, 0.1) is 34.9 Å². The molecule has 1 amide bonds. The van der Waals surface area contributed by atoms with Gasteiger partial charge in [0, 0.05) is 16.6 Å². The predicted molar refractivity (Wildman–Crippen MR) is 128 cm³/mol. The molecule has 2 aromatic carbocycles. The number of nitrogens with one attached hydrogen (secondary N) is 1. The van der Waals surface area contributed by atoms with Crippen molar-refractivity contribution in [1.82, 2.24) is 9.29 Å². The van der Waals surface area contributed by atoms with Crippen molar-refractivity contribution >= 4 is 33.0 Å². The average Bonchev–Trinajstić information content (AvgIpc) is 3.46. The van der Waals surface area contributed by atoms with Crippen LogP contribution in [0, 0.1) is 13.8 Å². The van der Waals surface area contributed by atoms with Gasteiger partial charge in [-0.2, -0.15) is 4.31 Å². The number of aromatic nitrogens is 1. The SMILES string of the molecule is Cc1ccc(S(=O)(=O)N(CC(=O)Nc2ccc(-c3csc(C)n3)cc2)Cc2ccco2)cc1. The Balaban J connectivity index is 1.50. The number of hydrogen-bond acceptors (Lipinski definition) is 6. The molecule has 0 saturated heterocycles. The molecule has 4 aromatic rings. The van der Waals surface area contributed by atoms with Crippen molar-refractivity contribution < 1.29 is 17.6 Å². The number of carbonyl (C=O) groups excluding carboxylic acids is 1. The van der Waals surface area contributed by atoms with Gasteiger partial charge < -0.3 is 9.73 Å². The van der Waals surface area contributed by atoms with Crippen LogP contribution < -0.4 is 5.32 Å². The number of furan rings is 1. The molecule has 0 bridgehead atoms. The smallest absolute Gasteiger partial charge is 0.243 e. The fourth-order valence-corrected chi connectivity index (χ4v) is 5.23. The van der Waals surface area contributed by atoms with Crippen molar-refractivity contribution in [2.45, 2.75) is 25.3 Å². The Bertz CT molecular complexity index is 1330. The van der Waals surface area contributed by atoms with Crippen LogP contribution in [0.3, 0.4) is 0 Å². The molecule has 9 heteroatoms. The van der Waals surface area contributed by atoms with Gasteiger partial charge in [0.25, 0.3) is 0 Å². The molecule has 0 atom stereocenters. The van der Waals surface area contributed by atoms with E-state index in [0.717, 1.165) is 26.1 Å². The molecule has 0 spiro atoms. The van der Waals surface area contributed by atoms with Crippen LogP contribution >= 0.6 is 11.3 Å². The molecule has 0 unspecified atom stereocenters. The lowest BCUT2D eigenvalue weighted by Gasteiger charge is -2.21. The fraction of sp³-hybridized carbons (Fsp3) is 0.167. The largest absolute Gasteiger partial charge is 0.468 e. The Kier molecular flexibility index (Phi) is 6.73. The molecule has 4 rings (SSSR count). The van der Waals surface area contributed by atoms with Crippen LogP contribution in [-0.4, -0.2) is 30.2 Å². The molecule has 0 fully saturated rings. The molecular weight excluding hydrogens is 458 g/mol. The average molecular weight is 482 g/mol. The quantitative estimate of drug-likeness (QED) is 0.388. The number of benzene rings is 2. The predicted octanol–water partition coefficient (Wildman–Crippen LogP) is 4.85. The maximum Gasteiger partial charge on any atom is 0.243 e. The van der Waals surface area contributed by atoms with E-state index in [9.17, 15) is 13.2 Å². The van der Waals surface area contributed by atoms with E-state index in [1.807, 2.05) is 31.4 Å². The van der Waals surface area contributed by atoms with Gasteiger partial charge in [-0.1, -0.05) is 29.8 Å². The minimum atomic E-state index is -3.92. The van der Waals surface area contributed by atoms with Crippen LogP contribution in [0.2, 0.25) is 0 Å².